The van der Waals surface area contributed by atoms with Crippen LogP contribution >= 0.6 is 0 Å². The molecule has 0 aromatic carbocycles. The summed E-state index contributed by atoms with van der Waals surface area (Å²) in [4.78, 5) is 15.0. The van der Waals surface area contributed by atoms with Crippen molar-refractivity contribution in [3.05, 3.63) is 47.3 Å². The van der Waals surface area contributed by atoms with Gasteiger partial charge in [-0.15, -0.1) is 0 Å². The van der Waals surface area contributed by atoms with Crippen molar-refractivity contribution in [1.82, 2.24) is 24.7 Å². The lowest BCUT2D eigenvalue weighted by Gasteiger charge is -2.69. The Balaban J connectivity index is 1.26. The normalized spacial score (nSPS) is 36.0. The van der Waals surface area contributed by atoms with Gasteiger partial charge in [0.05, 0.1) is 41.4 Å². The summed E-state index contributed by atoms with van der Waals surface area (Å²) in [6.07, 6.45) is 14.5. The molecule has 4 heterocycles. The fourth-order valence-electron chi connectivity index (χ4n) is 6.92. The van der Waals surface area contributed by atoms with E-state index in [2.05, 4.69) is 35.9 Å². The molecule has 1 saturated heterocycles. The van der Waals surface area contributed by atoms with Gasteiger partial charge in [-0.2, -0.15) is 5.10 Å². The number of pyridine rings is 1. The molecule has 166 valence electrons. The SMILES string of the molecule is Cc1cnc2c(C34CC(C)(C3)C4)nc([C@H]3C[C@H](C)O[C@@H](c4cnn(C5CC5)c4)C3)cc2n1. The van der Waals surface area contributed by atoms with Gasteiger partial charge < -0.3 is 4.74 Å². The van der Waals surface area contributed by atoms with E-state index in [4.69, 9.17) is 19.7 Å². The highest BCUT2D eigenvalue weighted by Gasteiger charge is 2.67. The highest BCUT2D eigenvalue weighted by molar-refractivity contribution is 5.79. The molecule has 0 amide bonds. The van der Waals surface area contributed by atoms with Crippen LogP contribution in [0.15, 0.2) is 24.7 Å². The number of fused-ring (bicyclic) bond motifs is 1. The van der Waals surface area contributed by atoms with E-state index >= 15 is 0 Å². The monoisotopic (exact) mass is 429 g/mol. The van der Waals surface area contributed by atoms with Crippen molar-refractivity contribution in [1.29, 1.82) is 0 Å². The number of rotatable bonds is 4. The summed E-state index contributed by atoms with van der Waals surface area (Å²) in [6.45, 7) is 6.62. The standard InChI is InChI=1S/C26H31N5O/c1-15-9-27-23-21(29-15)8-20(30-24(23)26-12-25(3,13-26)14-26)17-6-16(2)32-22(7-17)18-10-28-31(11-18)19-4-5-19/h8-11,16-17,19,22H,4-7,12-14H2,1-3H3/t16-,17-,22+,25?,26?/m0/s1. The summed E-state index contributed by atoms with van der Waals surface area (Å²) >= 11 is 0. The van der Waals surface area contributed by atoms with Gasteiger partial charge in [0, 0.05) is 35.0 Å². The zero-order valence-electron chi connectivity index (χ0n) is 19.2. The smallest absolute Gasteiger partial charge is 0.111 e. The summed E-state index contributed by atoms with van der Waals surface area (Å²) in [5.41, 5.74) is 7.35. The van der Waals surface area contributed by atoms with Crippen molar-refractivity contribution < 1.29 is 4.74 Å². The summed E-state index contributed by atoms with van der Waals surface area (Å²) in [7, 11) is 0. The molecule has 0 spiro atoms. The van der Waals surface area contributed by atoms with Crippen LogP contribution in [0.25, 0.3) is 11.0 Å². The molecule has 3 aromatic heterocycles. The molecule has 3 atom stereocenters. The first-order valence-corrected chi connectivity index (χ1v) is 12.2. The molecular formula is C26H31N5O. The Hall–Kier alpha value is -2.34. The van der Waals surface area contributed by atoms with Crippen LogP contribution < -0.4 is 0 Å². The molecule has 6 nitrogen and oxygen atoms in total. The quantitative estimate of drug-likeness (QED) is 0.561. The second kappa shape index (κ2) is 6.37. The maximum absolute atomic E-state index is 6.39. The summed E-state index contributed by atoms with van der Waals surface area (Å²) < 4.78 is 8.51. The first kappa shape index (κ1) is 19.2. The maximum Gasteiger partial charge on any atom is 0.111 e. The van der Waals surface area contributed by atoms with E-state index in [1.165, 1.54) is 49.1 Å². The van der Waals surface area contributed by atoms with Crippen LogP contribution in [-0.4, -0.2) is 30.8 Å². The average molecular weight is 430 g/mol. The molecule has 6 heteroatoms. The van der Waals surface area contributed by atoms with Crippen LogP contribution in [0.2, 0.25) is 0 Å². The summed E-state index contributed by atoms with van der Waals surface area (Å²) in [6, 6.07) is 2.81. The minimum absolute atomic E-state index is 0.0784. The number of hydrogen-bond donors (Lipinski definition) is 0. The molecule has 0 N–H and O–H groups in total. The van der Waals surface area contributed by atoms with E-state index in [1.807, 2.05) is 19.3 Å². The third-order valence-corrected chi connectivity index (χ3v) is 8.31. The number of nitrogens with zero attached hydrogens (tertiary/aromatic N) is 5. The maximum atomic E-state index is 6.39. The van der Waals surface area contributed by atoms with Crippen LogP contribution in [0.1, 0.15) is 99.5 Å². The van der Waals surface area contributed by atoms with Crippen molar-refractivity contribution in [2.24, 2.45) is 5.41 Å². The van der Waals surface area contributed by atoms with Crippen LogP contribution in [-0.2, 0) is 10.2 Å². The third kappa shape index (κ3) is 2.88. The molecule has 0 unspecified atom stereocenters. The largest absolute Gasteiger partial charge is 0.370 e. The van der Waals surface area contributed by atoms with E-state index in [9.17, 15) is 0 Å². The Morgan fingerprint density at radius 2 is 1.91 bits per heavy atom. The van der Waals surface area contributed by atoms with Gasteiger partial charge in [-0.05, 0) is 70.3 Å². The molecule has 3 aromatic rings. The van der Waals surface area contributed by atoms with Gasteiger partial charge in [-0.3, -0.25) is 14.6 Å². The molecule has 4 saturated carbocycles. The van der Waals surface area contributed by atoms with E-state index in [1.54, 1.807) is 0 Å². The Kier molecular flexibility index (Phi) is 3.82. The van der Waals surface area contributed by atoms with Gasteiger partial charge in [0.2, 0.25) is 0 Å². The second-order valence-corrected chi connectivity index (χ2v) is 11.5. The Morgan fingerprint density at radius 3 is 2.66 bits per heavy atom. The Bertz CT molecular complexity index is 1210. The van der Waals surface area contributed by atoms with E-state index in [-0.39, 0.29) is 17.6 Å². The van der Waals surface area contributed by atoms with Gasteiger partial charge in [0.15, 0.2) is 0 Å². The van der Waals surface area contributed by atoms with Crippen LogP contribution in [0, 0.1) is 12.3 Å². The number of aromatic nitrogens is 5. The molecule has 4 aliphatic carbocycles. The Morgan fingerprint density at radius 1 is 1.09 bits per heavy atom. The lowest BCUT2D eigenvalue weighted by Crippen LogP contribution is -2.63. The van der Waals surface area contributed by atoms with E-state index in [0.717, 1.165) is 29.6 Å². The van der Waals surface area contributed by atoms with Crippen LogP contribution in [0.4, 0.5) is 0 Å². The van der Waals surface area contributed by atoms with Gasteiger partial charge in [0.25, 0.3) is 0 Å². The lowest BCUT2D eigenvalue weighted by atomic mass is 9.35. The van der Waals surface area contributed by atoms with E-state index < -0.39 is 0 Å². The first-order valence-electron chi connectivity index (χ1n) is 12.2. The molecule has 1 aliphatic heterocycles. The van der Waals surface area contributed by atoms with Crippen molar-refractivity contribution in [2.45, 2.75) is 95.3 Å². The number of aryl methyl sites for hydroxylation is 1. The number of ether oxygens (including phenoxy) is 1. The molecule has 5 aliphatic rings. The fraction of sp³-hybridized carbons (Fsp3) is 0.615. The summed E-state index contributed by atoms with van der Waals surface area (Å²) in [5, 5.41) is 4.61. The molecule has 32 heavy (non-hydrogen) atoms. The van der Waals surface area contributed by atoms with Crippen LogP contribution in [0.3, 0.4) is 0 Å². The predicted molar refractivity (Wildman–Crippen MR) is 121 cm³/mol. The van der Waals surface area contributed by atoms with Gasteiger partial charge >= 0.3 is 0 Å². The van der Waals surface area contributed by atoms with Crippen molar-refractivity contribution >= 4 is 11.0 Å². The fourth-order valence-corrected chi connectivity index (χ4v) is 6.92. The van der Waals surface area contributed by atoms with Gasteiger partial charge in [-0.25, -0.2) is 4.98 Å². The molecule has 2 bridgehead atoms. The molecule has 8 rings (SSSR count). The average Bonchev–Trinajstić information content (AvgIpc) is 3.45. The minimum Gasteiger partial charge on any atom is -0.370 e. The topological polar surface area (TPSA) is 65.7 Å². The van der Waals surface area contributed by atoms with Crippen molar-refractivity contribution in [3.63, 3.8) is 0 Å². The minimum atomic E-state index is 0.0784. The molecule has 5 fully saturated rings. The van der Waals surface area contributed by atoms with Crippen molar-refractivity contribution in [3.8, 4) is 0 Å². The Labute approximate surface area is 188 Å². The first-order chi connectivity index (χ1) is 15.4. The lowest BCUT2D eigenvalue weighted by molar-refractivity contribution is -0.127. The highest BCUT2D eigenvalue weighted by Crippen LogP contribution is 2.73. The summed E-state index contributed by atoms with van der Waals surface area (Å²) in [5.74, 6) is 0.362. The van der Waals surface area contributed by atoms with Crippen molar-refractivity contribution in [2.75, 3.05) is 0 Å². The van der Waals surface area contributed by atoms with Gasteiger partial charge in [0.1, 0.15) is 5.52 Å². The van der Waals surface area contributed by atoms with Crippen LogP contribution in [0.5, 0.6) is 0 Å². The van der Waals surface area contributed by atoms with E-state index in [0.29, 0.717) is 17.4 Å². The highest BCUT2D eigenvalue weighted by atomic mass is 16.5. The predicted octanol–water partition coefficient (Wildman–Crippen LogP) is 5.33. The zero-order valence-corrected chi connectivity index (χ0v) is 19.2. The number of hydrogen-bond acceptors (Lipinski definition) is 5. The molecule has 0 radical (unpaired) electrons. The molecular weight excluding hydrogens is 398 g/mol. The zero-order chi connectivity index (χ0) is 21.7. The van der Waals surface area contributed by atoms with Gasteiger partial charge in [-0.1, -0.05) is 6.92 Å². The second-order valence-electron chi connectivity index (χ2n) is 11.5. The third-order valence-electron chi connectivity index (χ3n) is 8.31.